The quantitative estimate of drug-likeness (QED) is 0.0753. The minimum absolute atomic E-state index is 0.817. The van der Waals surface area contributed by atoms with E-state index in [1.807, 2.05) is 34.0 Å². The molecule has 0 aliphatic rings. The number of anilines is 18. The van der Waals surface area contributed by atoms with E-state index in [1.54, 1.807) is 0 Å². The van der Waals surface area contributed by atoms with Crippen LogP contribution in [0.4, 0.5) is 102 Å². The lowest BCUT2D eigenvalue weighted by molar-refractivity contribution is 0.669. The summed E-state index contributed by atoms with van der Waals surface area (Å²) in [6.07, 6.45) is 0. The van der Waals surface area contributed by atoms with Crippen molar-refractivity contribution < 1.29 is 4.42 Å². The van der Waals surface area contributed by atoms with Gasteiger partial charge in [-0.2, -0.15) is 0 Å². The summed E-state index contributed by atoms with van der Waals surface area (Å²) in [4.78, 5) is 14.2. The van der Waals surface area contributed by atoms with Crippen LogP contribution in [0, 0.1) is 0 Å². The van der Waals surface area contributed by atoms with E-state index < -0.39 is 0 Å². The molecule has 0 spiro atoms. The van der Waals surface area contributed by atoms with Gasteiger partial charge in [0.05, 0.1) is 27.1 Å². The zero-order chi connectivity index (χ0) is 95.8. The lowest BCUT2D eigenvalue weighted by Gasteiger charge is -2.26. The van der Waals surface area contributed by atoms with Crippen molar-refractivity contribution in [3.8, 4) is 16.8 Å². The average molecular weight is 1910 g/mol. The topological polar surface area (TPSA) is 37.5 Å². The predicted molar refractivity (Wildman–Crippen MR) is 622 cm³/mol. The van der Waals surface area contributed by atoms with Crippen molar-refractivity contribution >= 4 is 262 Å². The van der Waals surface area contributed by atoms with Crippen LogP contribution < -0.4 is 29.4 Å². The van der Waals surface area contributed by atoms with E-state index >= 15 is 0 Å². The number of hydrogen-bond donors (Lipinski definition) is 0. The Balaban J connectivity index is 0.000000144. The van der Waals surface area contributed by atoms with E-state index in [4.69, 9.17) is 4.42 Å². The zero-order valence-electron chi connectivity index (χ0n) is 78.6. The molecule has 28 rings (SSSR count). The molecule has 0 saturated carbocycles. The smallest absolute Gasteiger partial charge is 0.160 e. The maximum Gasteiger partial charge on any atom is 0.160 e. The number of nitrogens with zero attached hydrogens (tertiary/aromatic N) is 7. The maximum atomic E-state index is 7.30. The summed E-state index contributed by atoms with van der Waals surface area (Å²) in [7, 11) is 0. The molecule has 0 saturated heterocycles. The van der Waals surface area contributed by atoms with Gasteiger partial charge in [-0.3, -0.25) is 0 Å². The molecule has 0 unspecified atom stereocenters. The molecular formula is C134H89N7OS3. The molecule has 0 amide bonds. The van der Waals surface area contributed by atoms with Gasteiger partial charge in [0.2, 0.25) is 0 Å². The molecule has 0 aliphatic heterocycles. The molecule has 0 fully saturated rings. The Morgan fingerprint density at radius 3 is 1.04 bits per heavy atom. The van der Waals surface area contributed by atoms with Gasteiger partial charge < -0.3 is 38.4 Å². The fourth-order valence-electron chi connectivity index (χ4n) is 21.5. The standard InChI is InChI=1S/C68H46N4S.C66H43N3OS2/c1-6-23-50(24-7-1)69(55-35-34-47-20-16-17-21-48(47)42-55)56-36-39-60-61-40-37-57(45-64(61)72(63(60)44-56)54-31-14-5-15-32-54)70(51-25-8-2-9-26-51)58-38-41-62-66(46-58)73-68-65(43-49-22-18-19-33-59(49)67(62)68)71(52-27-10-3-11-28-52)53-29-12-4-13-30-53;1-6-18-44(19-7-1)53-37-38-59(69(48-26-14-5-15-27-48)52-31-34-55-54-28-16-17-29-61(54)71-63(55)43-52)66-65(53)57-36-32-50(41-60(57)70-66)68(47-24-12-4-13-25-47)51-30-35-56-58-40-49(33-39-62(58)72-64(56)42-51)67(45-20-8-2-9-21-45)46-22-10-3-11-23-46/h1-46H;1-43H. The molecule has 0 atom stereocenters. The third kappa shape index (κ3) is 15.5. The van der Waals surface area contributed by atoms with Crippen molar-refractivity contribution in [2.75, 3.05) is 29.4 Å². The summed E-state index contributed by atoms with van der Waals surface area (Å²) in [5, 5.41) is 17.0. The second-order valence-electron chi connectivity index (χ2n) is 36.6. The molecule has 145 heavy (non-hydrogen) atoms. The number of fused-ring (bicyclic) bond motifs is 18. The molecule has 28 aromatic rings. The van der Waals surface area contributed by atoms with Crippen molar-refractivity contribution in [2.24, 2.45) is 0 Å². The molecule has 0 N–H and O–H groups in total. The highest BCUT2D eigenvalue weighted by atomic mass is 32.1. The highest BCUT2D eigenvalue weighted by Gasteiger charge is 2.29. The Hall–Kier alpha value is -18.4. The van der Waals surface area contributed by atoms with Crippen LogP contribution in [-0.2, 0) is 0 Å². The van der Waals surface area contributed by atoms with Crippen molar-refractivity contribution in [3.63, 3.8) is 0 Å². The minimum Gasteiger partial charge on any atom is -0.454 e. The van der Waals surface area contributed by atoms with Crippen LogP contribution in [0.2, 0.25) is 0 Å². The second kappa shape index (κ2) is 36.7. The van der Waals surface area contributed by atoms with Gasteiger partial charge in [-0.25, -0.2) is 0 Å². The van der Waals surface area contributed by atoms with E-state index in [0.717, 1.165) is 146 Å². The first-order chi connectivity index (χ1) is 71.9. The van der Waals surface area contributed by atoms with Crippen LogP contribution in [0.3, 0.4) is 0 Å². The third-order valence-electron chi connectivity index (χ3n) is 28.0. The fraction of sp³-hybridized carbons (Fsp3) is 0. The van der Waals surface area contributed by atoms with Crippen molar-refractivity contribution in [1.29, 1.82) is 0 Å². The van der Waals surface area contributed by atoms with Crippen molar-refractivity contribution in [1.82, 2.24) is 4.57 Å². The number of hydrogen-bond acceptors (Lipinski definition) is 10. The Labute approximate surface area is 850 Å². The van der Waals surface area contributed by atoms with Gasteiger partial charge in [-0.15, -0.1) is 34.0 Å². The van der Waals surface area contributed by atoms with Gasteiger partial charge in [0.25, 0.3) is 0 Å². The van der Waals surface area contributed by atoms with Crippen LogP contribution in [0.25, 0.3) is 143 Å². The first-order valence-electron chi connectivity index (χ1n) is 49.1. The summed E-state index contributed by atoms with van der Waals surface area (Å²) >= 11 is 5.54. The van der Waals surface area contributed by atoms with Crippen LogP contribution in [0.1, 0.15) is 0 Å². The molecule has 684 valence electrons. The molecule has 8 nitrogen and oxygen atoms in total. The Morgan fingerprint density at radius 2 is 0.524 bits per heavy atom. The first kappa shape index (κ1) is 85.8. The normalized spacial score (nSPS) is 11.6. The number of para-hydroxylation sites is 9. The Kier molecular flexibility index (Phi) is 21.7. The van der Waals surface area contributed by atoms with Gasteiger partial charge in [0.15, 0.2) is 5.58 Å². The Morgan fingerprint density at radius 1 is 0.179 bits per heavy atom. The largest absolute Gasteiger partial charge is 0.454 e. The predicted octanol–water partition coefficient (Wildman–Crippen LogP) is 40.3. The molecule has 0 aliphatic carbocycles. The summed E-state index contributed by atoms with van der Waals surface area (Å²) in [5.74, 6) is 0. The monoisotopic (exact) mass is 1910 g/mol. The van der Waals surface area contributed by atoms with Crippen molar-refractivity contribution in [3.05, 3.63) is 540 Å². The lowest BCUT2D eigenvalue weighted by atomic mass is 9.98. The number of benzene rings is 23. The molecule has 0 radical (unpaired) electrons. The number of rotatable bonds is 20. The zero-order valence-corrected chi connectivity index (χ0v) is 81.1. The SMILES string of the molecule is c1ccc(-c2ccc(N(c3ccccc3)c3ccc4c(c3)sc3ccccc34)c3oc4cc(N(c5ccccc5)c5ccc6c(c5)sc5ccc(N(c7ccccc7)c7ccccc7)cc56)ccc4c23)cc1.c1ccc(N(c2ccc3ccccc3c2)c2ccc3c4ccc(N(c5ccccc5)c5ccc6c(c5)sc5c(N(c7ccccc7)c7ccccc7)cc7ccccc7c56)cc4n(-c4ccccc4)c3c2)cc1. The van der Waals surface area contributed by atoms with Crippen LogP contribution >= 0.6 is 34.0 Å². The van der Waals surface area contributed by atoms with E-state index in [0.29, 0.717) is 0 Å². The lowest BCUT2D eigenvalue weighted by Crippen LogP contribution is -2.10. The van der Waals surface area contributed by atoms with Crippen LogP contribution in [0.5, 0.6) is 0 Å². The van der Waals surface area contributed by atoms with Gasteiger partial charge >= 0.3 is 0 Å². The van der Waals surface area contributed by atoms with Crippen LogP contribution in [-0.4, -0.2) is 4.57 Å². The van der Waals surface area contributed by atoms with Gasteiger partial charge in [-0.1, -0.05) is 303 Å². The molecular weight excluding hydrogens is 1820 g/mol. The fourth-order valence-corrected chi connectivity index (χ4v) is 25.0. The van der Waals surface area contributed by atoms with E-state index in [9.17, 15) is 0 Å². The Bertz CT molecular complexity index is 9650. The summed E-state index contributed by atoms with van der Waals surface area (Å²) in [6.45, 7) is 0. The van der Waals surface area contributed by atoms with E-state index in [1.165, 1.54) is 98.5 Å². The maximum absolute atomic E-state index is 7.30. The number of aromatic nitrogens is 1. The molecule has 0 bridgehead atoms. The number of furan rings is 1. The summed E-state index contributed by atoms with van der Waals surface area (Å²) in [6, 6.07) is 195. The summed E-state index contributed by atoms with van der Waals surface area (Å²) in [5.41, 5.74) is 26.9. The van der Waals surface area contributed by atoms with E-state index in [-0.39, 0.29) is 0 Å². The van der Waals surface area contributed by atoms with E-state index in [2.05, 4.69) is 574 Å². The summed E-state index contributed by atoms with van der Waals surface area (Å²) < 4.78 is 17.2. The van der Waals surface area contributed by atoms with Crippen LogP contribution in [0.15, 0.2) is 544 Å². The highest BCUT2D eigenvalue weighted by Crippen LogP contribution is 2.55. The number of thiophene rings is 3. The molecule has 5 aromatic heterocycles. The van der Waals surface area contributed by atoms with Gasteiger partial charge in [-0.05, 0) is 263 Å². The highest BCUT2D eigenvalue weighted by molar-refractivity contribution is 7.27. The average Bonchev–Trinajstić information content (AvgIpc) is 1.53. The first-order valence-corrected chi connectivity index (χ1v) is 51.5. The van der Waals surface area contributed by atoms with Gasteiger partial charge in [0.1, 0.15) is 5.58 Å². The minimum atomic E-state index is 0.817. The van der Waals surface area contributed by atoms with Gasteiger partial charge in [0, 0.05) is 180 Å². The van der Waals surface area contributed by atoms with Crippen molar-refractivity contribution in [2.45, 2.75) is 0 Å². The third-order valence-corrected chi connectivity index (χ3v) is 31.5. The molecule has 11 heteroatoms. The second-order valence-corrected chi connectivity index (χ2v) is 39.9. The molecule has 5 heterocycles. The molecule has 23 aromatic carbocycles.